The summed E-state index contributed by atoms with van der Waals surface area (Å²) in [5.41, 5.74) is 4.63. The smallest absolute Gasteiger partial charge is 0.255 e. The number of likely N-dealkylation sites (N-methyl/N-ethyl adjacent to an activating group) is 1. The van der Waals surface area contributed by atoms with Crippen molar-refractivity contribution in [3.05, 3.63) is 90.5 Å². The first kappa shape index (κ1) is 36.7. The molecule has 4 aromatic rings. The molecule has 0 atom stereocenters. The Morgan fingerprint density at radius 3 is 2.25 bits per heavy atom. The van der Waals surface area contributed by atoms with Crippen LogP contribution >= 0.6 is 0 Å². The number of methoxy groups -OCH3 is 2. The number of anilines is 1. The maximum absolute atomic E-state index is 13.4. The van der Waals surface area contributed by atoms with E-state index in [1.54, 1.807) is 31.3 Å². The van der Waals surface area contributed by atoms with Crippen LogP contribution in [-0.4, -0.2) is 94.7 Å². The van der Waals surface area contributed by atoms with Gasteiger partial charge in [-0.15, -0.1) is 0 Å². The molecule has 11 heteroatoms. The molecule has 0 spiro atoms. The van der Waals surface area contributed by atoms with Crippen LogP contribution in [0.15, 0.2) is 84.9 Å². The van der Waals surface area contributed by atoms with E-state index in [0.717, 1.165) is 28.8 Å². The van der Waals surface area contributed by atoms with Crippen LogP contribution in [0.1, 0.15) is 30.1 Å². The van der Waals surface area contributed by atoms with Crippen LogP contribution in [0.5, 0.6) is 23.0 Å². The SMILES string of the molecule is COc1cccc(-c2cc(C(=O)Nc3ccc(-c4ccc(OC5CCN(C(=O)CNC(C)=O)CC5)cc4OCCN(C)C)cc3)ccc2OC)c1. The van der Waals surface area contributed by atoms with Crippen LogP contribution < -0.4 is 29.6 Å². The molecule has 268 valence electrons. The molecule has 2 N–H and O–H groups in total. The van der Waals surface area contributed by atoms with Gasteiger partial charge in [0.25, 0.3) is 5.91 Å². The second-order valence-electron chi connectivity index (χ2n) is 12.6. The molecular weight excluding hydrogens is 648 g/mol. The Morgan fingerprint density at radius 1 is 0.804 bits per heavy atom. The molecule has 3 amide bonds. The number of piperidine rings is 1. The van der Waals surface area contributed by atoms with E-state index >= 15 is 0 Å². The number of carbonyl (C=O) groups excluding carboxylic acids is 3. The lowest BCUT2D eigenvalue weighted by molar-refractivity contribution is -0.134. The van der Waals surface area contributed by atoms with Gasteiger partial charge < -0.3 is 39.4 Å². The number of hydrogen-bond acceptors (Lipinski definition) is 8. The van der Waals surface area contributed by atoms with Gasteiger partial charge in [0.2, 0.25) is 11.8 Å². The van der Waals surface area contributed by atoms with E-state index in [-0.39, 0.29) is 30.4 Å². The van der Waals surface area contributed by atoms with Crippen LogP contribution in [0.2, 0.25) is 0 Å². The van der Waals surface area contributed by atoms with Crippen LogP contribution in [0.25, 0.3) is 22.3 Å². The third-order valence-corrected chi connectivity index (χ3v) is 8.63. The van der Waals surface area contributed by atoms with Gasteiger partial charge in [-0.25, -0.2) is 0 Å². The second kappa shape index (κ2) is 17.4. The molecule has 1 saturated heterocycles. The molecule has 1 fully saturated rings. The summed E-state index contributed by atoms with van der Waals surface area (Å²) in [4.78, 5) is 40.7. The lowest BCUT2D eigenvalue weighted by Crippen LogP contribution is -2.45. The van der Waals surface area contributed by atoms with E-state index in [9.17, 15) is 14.4 Å². The van der Waals surface area contributed by atoms with E-state index in [1.165, 1.54) is 6.92 Å². The number of likely N-dealkylation sites (tertiary alicyclic amines) is 1. The van der Waals surface area contributed by atoms with Crippen molar-refractivity contribution in [2.75, 3.05) is 66.4 Å². The zero-order chi connectivity index (χ0) is 36.3. The third kappa shape index (κ3) is 10.0. The van der Waals surface area contributed by atoms with Gasteiger partial charge in [0.1, 0.15) is 35.7 Å². The predicted octanol–water partition coefficient (Wildman–Crippen LogP) is 5.74. The monoisotopic (exact) mass is 694 g/mol. The number of ether oxygens (including phenoxy) is 4. The van der Waals surface area contributed by atoms with Crippen LogP contribution in [0.3, 0.4) is 0 Å². The molecule has 51 heavy (non-hydrogen) atoms. The van der Waals surface area contributed by atoms with Gasteiger partial charge in [-0.1, -0.05) is 24.3 Å². The van der Waals surface area contributed by atoms with E-state index in [0.29, 0.717) is 66.8 Å². The van der Waals surface area contributed by atoms with E-state index in [1.807, 2.05) is 86.9 Å². The number of nitrogens with one attached hydrogen (secondary N) is 2. The Balaban J connectivity index is 1.27. The van der Waals surface area contributed by atoms with Gasteiger partial charge >= 0.3 is 0 Å². The number of nitrogens with zero attached hydrogens (tertiary/aromatic N) is 2. The van der Waals surface area contributed by atoms with Crippen LogP contribution in [0, 0.1) is 0 Å². The first-order valence-electron chi connectivity index (χ1n) is 17.0. The molecule has 11 nitrogen and oxygen atoms in total. The lowest BCUT2D eigenvalue weighted by atomic mass is 10.0. The Hall–Kier alpha value is -5.55. The summed E-state index contributed by atoms with van der Waals surface area (Å²) >= 11 is 0. The molecule has 0 bridgehead atoms. The molecule has 0 unspecified atom stereocenters. The summed E-state index contributed by atoms with van der Waals surface area (Å²) in [5, 5.41) is 5.58. The van der Waals surface area contributed by atoms with Crippen molar-refractivity contribution in [1.82, 2.24) is 15.1 Å². The van der Waals surface area contributed by atoms with Crippen molar-refractivity contribution in [2.24, 2.45) is 0 Å². The van der Waals surface area contributed by atoms with Gasteiger partial charge in [0.15, 0.2) is 0 Å². The molecule has 0 aromatic heterocycles. The predicted molar refractivity (Wildman–Crippen MR) is 198 cm³/mol. The standard InChI is InChI=1S/C40H46N4O7/c1-27(45)41-26-39(46)44-19-17-32(18-20-44)51-34-14-15-35(38(25-34)50-22-21-43(2)3)28-9-12-31(13-10-28)42-40(47)30-11-16-37(49-5)36(24-30)29-7-6-8-33(23-29)48-4/h6-16,23-25,32H,17-22,26H2,1-5H3,(H,41,45)(H,42,47). The van der Waals surface area contributed by atoms with E-state index in [4.69, 9.17) is 18.9 Å². The maximum atomic E-state index is 13.4. The molecule has 0 aliphatic carbocycles. The summed E-state index contributed by atoms with van der Waals surface area (Å²) in [5.74, 6) is 2.20. The number of hydrogen-bond donors (Lipinski definition) is 2. The highest BCUT2D eigenvalue weighted by Gasteiger charge is 2.24. The Kier molecular flexibility index (Phi) is 12.5. The van der Waals surface area contributed by atoms with Gasteiger partial charge in [-0.2, -0.15) is 0 Å². The van der Waals surface area contributed by atoms with Gasteiger partial charge in [0, 0.05) is 67.8 Å². The van der Waals surface area contributed by atoms with Gasteiger partial charge in [-0.3, -0.25) is 14.4 Å². The zero-order valence-corrected chi connectivity index (χ0v) is 29.9. The van der Waals surface area contributed by atoms with Crippen molar-refractivity contribution in [3.8, 4) is 45.3 Å². The molecule has 1 aliphatic rings. The molecule has 4 aromatic carbocycles. The normalized spacial score (nSPS) is 13.0. The Bertz CT molecular complexity index is 1820. The highest BCUT2D eigenvalue weighted by Crippen LogP contribution is 2.36. The first-order valence-corrected chi connectivity index (χ1v) is 17.0. The summed E-state index contributed by atoms with van der Waals surface area (Å²) in [7, 11) is 7.21. The summed E-state index contributed by atoms with van der Waals surface area (Å²) < 4.78 is 23.6. The molecule has 0 radical (unpaired) electrons. The van der Waals surface area contributed by atoms with E-state index < -0.39 is 0 Å². The Labute approximate surface area is 299 Å². The fraction of sp³-hybridized carbons (Fsp3) is 0.325. The molecule has 1 heterocycles. The average molecular weight is 695 g/mol. The van der Waals surface area contributed by atoms with Gasteiger partial charge in [0.05, 0.1) is 20.8 Å². The first-order chi connectivity index (χ1) is 24.6. The minimum absolute atomic E-state index is 0.0118. The number of amides is 3. The minimum atomic E-state index is -0.244. The number of rotatable bonds is 14. The van der Waals surface area contributed by atoms with E-state index in [2.05, 4.69) is 15.5 Å². The summed E-state index contributed by atoms with van der Waals surface area (Å²) in [6.07, 6.45) is 1.34. The lowest BCUT2D eigenvalue weighted by Gasteiger charge is -2.32. The number of carbonyl (C=O) groups is 3. The second-order valence-corrected chi connectivity index (χ2v) is 12.6. The quantitative estimate of drug-likeness (QED) is 0.172. The molecule has 5 rings (SSSR count). The fourth-order valence-electron chi connectivity index (χ4n) is 5.80. The largest absolute Gasteiger partial charge is 0.497 e. The van der Waals surface area contributed by atoms with Crippen molar-refractivity contribution in [3.63, 3.8) is 0 Å². The maximum Gasteiger partial charge on any atom is 0.255 e. The molecule has 0 saturated carbocycles. The molecule has 1 aliphatic heterocycles. The number of benzene rings is 4. The highest BCUT2D eigenvalue weighted by molar-refractivity contribution is 6.05. The highest BCUT2D eigenvalue weighted by atomic mass is 16.5. The van der Waals surface area contributed by atoms with Gasteiger partial charge in [-0.05, 0) is 79.8 Å². The zero-order valence-electron chi connectivity index (χ0n) is 29.9. The summed E-state index contributed by atoms with van der Waals surface area (Å²) in [6.45, 7) is 3.78. The van der Waals surface area contributed by atoms with Crippen LogP contribution in [0.4, 0.5) is 5.69 Å². The topological polar surface area (TPSA) is 119 Å². The average Bonchev–Trinajstić information content (AvgIpc) is 3.14. The van der Waals surface area contributed by atoms with Crippen molar-refractivity contribution in [2.45, 2.75) is 25.9 Å². The van der Waals surface area contributed by atoms with Crippen molar-refractivity contribution >= 4 is 23.4 Å². The third-order valence-electron chi connectivity index (χ3n) is 8.63. The summed E-state index contributed by atoms with van der Waals surface area (Å²) in [6, 6.07) is 26.4. The minimum Gasteiger partial charge on any atom is -0.497 e. The van der Waals surface area contributed by atoms with Crippen molar-refractivity contribution < 1.29 is 33.3 Å². The Morgan fingerprint density at radius 2 is 1.57 bits per heavy atom. The fourth-order valence-corrected chi connectivity index (χ4v) is 5.80. The van der Waals surface area contributed by atoms with Crippen molar-refractivity contribution in [1.29, 1.82) is 0 Å². The van der Waals surface area contributed by atoms with Crippen LogP contribution in [-0.2, 0) is 9.59 Å². The molecular formula is C40H46N4O7.